The zero-order valence-electron chi connectivity index (χ0n) is 11.4. The second kappa shape index (κ2) is 5.66. The summed E-state index contributed by atoms with van der Waals surface area (Å²) in [6.07, 6.45) is 1.77. The fourth-order valence-electron chi connectivity index (χ4n) is 3.23. The molecule has 104 valence electrons. The topological polar surface area (TPSA) is 12.0 Å². The highest BCUT2D eigenvalue weighted by molar-refractivity contribution is 9.10. The minimum absolute atomic E-state index is 0.120. The van der Waals surface area contributed by atoms with Gasteiger partial charge in [-0.3, -0.25) is 0 Å². The van der Waals surface area contributed by atoms with Crippen molar-refractivity contribution in [1.29, 1.82) is 0 Å². The van der Waals surface area contributed by atoms with Crippen molar-refractivity contribution in [3.05, 3.63) is 69.4 Å². The highest BCUT2D eigenvalue weighted by Gasteiger charge is 2.31. The van der Waals surface area contributed by atoms with Gasteiger partial charge in [0.2, 0.25) is 0 Å². The smallest absolute Gasteiger partial charge is 0.127 e. The van der Waals surface area contributed by atoms with Crippen LogP contribution >= 0.6 is 15.9 Å². The van der Waals surface area contributed by atoms with Crippen molar-refractivity contribution < 1.29 is 4.39 Å². The normalized spacial score (nSPS) is 20.9. The van der Waals surface area contributed by atoms with E-state index in [2.05, 4.69) is 45.5 Å². The predicted octanol–water partition coefficient (Wildman–Crippen LogP) is 4.26. The van der Waals surface area contributed by atoms with E-state index in [4.69, 9.17) is 0 Å². The molecular weight excluding hydrogens is 317 g/mol. The molecule has 0 saturated carbocycles. The van der Waals surface area contributed by atoms with Crippen molar-refractivity contribution in [3.8, 4) is 0 Å². The summed E-state index contributed by atoms with van der Waals surface area (Å²) in [4.78, 5) is 0. The molecule has 1 aliphatic carbocycles. The summed E-state index contributed by atoms with van der Waals surface area (Å²) in [6, 6.07) is 14.2. The van der Waals surface area contributed by atoms with Crippen LogP contribution in [0.4, 0.5) is 4.39 Å². The van der Waals surface area contributed by atoms with Gasteiger partial charge in [-0.05, 0) is 54.6 Å². The molecule has 1 nitrogen and oxygen atoms in total. The minimum Gasteiger partial charge on any atom is -0.313 e. The van der Waals surface area contributed by atoms with Crippen molar-refractivity contribution in [3.63, 3.8) is 0 Å². The van der Waals surface area contributed by atoms with Gasteiger partial charge in [0.1, 0.15) is 5.82 Å². The Labute approximate surface area is 127 Å². The van der Waals surface area contributed by atoms with Crippen LogP contribution in [-0.2, 0) is 12.8 Å². The highest BCUT2D eigenvalue weighted by atomic mass is 79.9. The van der Waals surface area contributed by atoms with Gasteiger partial charge in [0.05, 0.1) is 0 Å². The summed E-state index contributed by atoms with van der Waals surface area (Å²) in [7, 11) is 1.98. The van der Waals surface area contributed by atoms with E-state index in [9.17, 15) is 4.39 Å². The van der Waals surface area contributed by atoms with E-state index in [0.717, 1.165) is 22.9 Å². The van der Waals surface area contributed by atoms with E-state index in [1.54, 1.807) is 6.07 Å². The molecule has 2 atom stereocenters. The fraction of sp³-hybridized carbons (Fsp3) is 0.294. The van der Waals surface area contributed by atoms with Crippen LogP contribution in [-0.4, -0.2) is 7.05 Å². The number of hydrogen-bond donors (Lipinski definition) is 1. The average Bonchev–Trinajstić information content (AvgIpc) is 2.79. The molecule has 0 bridgehead atoms. The third kappa shape index (κ3) is 2.52. The maximum absolute atomic E-state index is 14.0. The summed E-state index contributed by atoms with van der Waals surface area (Å²) >= 11 is 3.31. The molecule has 0 aromatic heterocycles. The van der Waals surface area contributed by atoms with Gasteiger partial charge in [0.25, 0.3) is 0 Å². The molecule has 2 aromatic carbocycles. The molecule has 0 aliphatic heterocycles. The molecule has 3 rings (SSSR count). The fourth-order valence-corrected chi connectivity index (χ4v) is 3.56. The zero-order chi connectivity index (χ0) is 14.1. The first kappa shape index (κ1) is 13.8. The summed E-state index contributed by atoms with van der Waals surface area (Å²) in [6.45, 7) is 0. The van der Waals surface area contributed by atoms with Crippen LogP contribution in [0.3, 0.4) is 0 Å². The van der Waals surface area contributed by atoms with Gasteiger partial charge >= 0.3 is 0 Å². The Hall–Kier alpha value is -1.19. The Morgan fingerprint density at radius 1 is 1.25 bits per heavy atom. The van der Waals surface area contributed by atoms with E-state index < -0.39 is 0 Å². The molecule has 0 saturated heterocycles. The first-order valence-corrected chi connectivity index (χ1v) is 7.67. The van der Waals surface area contributed by atoms with Crippen LogP contribution in [0.5, 0.6) is 0 Å². The molecule has 1 aliphatic rings. The van der Waals surface area contributed by atoms with Gasteiger partial charge in [-0.25, -0.2) is 4.39 Å². The summed E-state index contributed by atoms with van der Waals surface area (Å²) in [5.41, 5.74) is 3.54. The lowest BCUT2D eigenvalue weighted by atomic mass is 9.92. The van der Waals surface area contributed by atoms with Crippen LogP contribution in [0.15, 0.2) is 46.9 Å². The third-order valence-electron chi connectivity index (χ3n) is 4.15. The summed E-state index contributed by atoms with van der Waals surface area (Å²) in [5, 5.41) is 3.39. The molecule has 2 aromatic rings. The van der Waals surface area contributed by atoms with Gasteiger partial charge < -0.3 is 5.32 Å². The molecule has 20 heavy (non-hydrogen) atoms. The Morgan fingerprint density at radius 3 is 2.80 bits per heavy atom. The highest BCUT2D eigenvalue weighted by Crippen LogP contribution is 2.38. The molecule has 3 heteroatoms. The van der Waals surface area contributed by atoms with Crippen molar-refractivity contribution in [2.45, 2.75) is 18.9 Å². The van der Waals surface area contributed by atoms with Crippen LogP contribution in [0.25, 0.3) is 0 Å². The molecule has 0 amide bonds. The Kier molecular flexibility index (Phi) is 3.90. The Balaban J connectivity index is 1.85. The SMILES string of the molecule is CNC1c2ccccc2CC1Cc1ccc(Br)cc1F. The van der Waals surface area contributed by atoms with E-state index in [1.165, 1.54) is 11.1 Å². The van der Waals surface area contributed by atoms with E-state index in [-0.39, 0.29) is 5.82 Å². The van der Waals surface area contributed by atoms with E-state index in [1.807, 2.05) is 19.2 Å². The molecule has 2 unspecified atom stereocenters. The second-order valence-corrected chi connectivity index (χ2v) is 6.28. The first-order chi connectivity index (χ1) is 9.69. The zero-order valence-corrected chi connectivity index (χ0v) is 13.0. The van der Waals surface area contributed by atoms with Gasteiger partial charge in [-0.1, -0.05) is 46.3 Å². The Morgan fingerprint density at radius 2 is 2.05 bits per heavy atom. The third-order valence-corrected chi connectivity index (χ3v) is 4.65. The number of fused-ring (bicyclic) bond motifs is 1. The van der Waals surface area contributed by atoms with E-state index >= 15 is 0 Å². The number of rotatable bonds is 3. The van der Waals surface area contributed by atoms with E-state index in [0.29, 0.717) is 12.0 Å². The molecule has 1 N–H and O–H groups in total. The largest absolute Gasteiger partial charge is 0.313 e. The first-order valence-electron chi connectivity index (χ1n) is 6.88. The second-order valence-electron chi connectivity index (χ2n) is 5.37. The van der Waals surface area contributed by atoms with Gasteiger partial charge in [-0.15, -0.1) is 0 Å². The Bertz CT molecular complexity index is 626. The maximum atomic E-state index is 14.0. The lowest BCUT2D eigenvalue weighted by Gasteiger charge is -2.20. The van der Waals surface area contributed by atoms with Crippen molar-refractivity contribution in [2.75, 3.05) is 7.05 Å². The van der Waals surface area contributed by atoms with Crippen LogP contribution < -0.4 is 5.32 Å². The molecule has 0 fully saturated rings. The molecular formula is C17H17BrFN. The summed E-state index contributed by atoms with van der Waals surface area (Å²) in [5.74, 6) is 0.290. The number of halogens is 2. The van der Waals surface area contributed by atoms with Crippen molar-refractivity contribution >= 4 is 15.9 Å². The van der Waals surface area contributed by atoms with Crippen LogP contribution in [0.2, 0.25) is 0 Å². The predicted molar refractivity (Wildman–Crippen MR) is 83.2 cm³/mol. The monoisotopic (exact) mass is 333 g/mol. The molecule has 0 radical (unpaired) electrons. The average molecular weight is 334 g/mol. The number of benzene rings is 2. The lowest BCUT2D eigenvalue weighted by molar-refractivity contribution is 0.404. The minimum atomic E-state index is -0.120. The summed E-state index contributed by atoms with van der Waals surface area (Å²) < 4.78 is 14.8. The van der Waals surface area contributed by atoms with Gasteiger partial charge in [-0.2, -0.15) is 0 Å². The molecule has 0 spiro atoms. The number of nitrogens with one attached hydrogen (secondary N) is 1. The maximum Gasteiger partial charge on any atom is 0.127 e. The van der Waals surface area contributed by atoms with Crippen LogP contribution in [0, 0.1) is 11.7 Å². The van der Waals surface area contributed by atoms with Crippen molar-refractivity contribution in [1.82, 2.24) is 5.32 Å². The quantitative estimate of drug-likeness (QED) is 0.884. The molecule has 0 heterocycles. The van der Waals surface area contributed by atoms with Gasteiger partial charge in [0, 0.05) is 10.5 Å². The standard InChI is InChI=1S/C17H17BrFN/c1-20-17-13(8-11-4-2-3-5-15(11)17)9-12-6-7-14(18)10-16(12)19/h2-7,10,13,17,20H,8-9H2,1H3. The lowest BCUT2D eigenvalue weighted by Crippen LogP contribution is -2.23. The van der Waals surface area contributed by atoms with Gasteiger partial charge in [0.15, 0.2) is 0 Å². The number of hydrogen-bond acceptors (Lipinski definition) is 1. The van der Waals surface area contributed by atoms with Crippen LogP contribution in [0.1, 0.15) is 22.7 Å². The van der Waals surface area contributed by atoms with Crippen molar-refractivity contribution in [2.24, 2.45) is 5.92 Å².